The quantitative estimate of drug-likeness (QED) is 0.167. The van der Waals surface area contributed by atoms with Gasteiger partial charge in [-0.25, -0.2) is 0 Å². The summed E-state index contributed by atoms with van der Waals surface area (Å²) < 4.78 is 8.21. The topological polar surface area (TPSA) is 16.4 Å². The molecule has 0 radical (unpaired) electrons. The summed E-state index contributed by atoms with van der Waals surface area (Å²) in [6.45, 7) is 4.77. The molecule has 0 aliphatic heterocycles. The van der Waals surface area contributed by atoms with Crippen molar-refractivity contribution in [2.24, 2.45) is 0 Å². The zero-order valence-corrected chi connectivity index (χ0v) is 34.1. The second-order valence-electron chi connectivity index (χ2n) is 16.4. The number of hydrogen-bond acceptors (Lipinski definition) is 3. The van der Waals surface area contributed by atoms with Crippen molar-refractivity contribution >= 4 is 71.2 Å². The predicted octanol–water partition coefficient (Wildman–Crippen LogP) is 16.7. The van der Waals surface area contributed by atoms with Gasteiger partial charge in [-0.2, -0.15) is 0 Å². The van der Waals surface area contributed by atoms with Crippen LogP contribution >= 0.6 is 11.3 Å². The minimum Gasteiger partial charge on any atom is -0.456 e. The van der Waals surface area contributed by atoms with Gasteiger partial charge in [0.25, 0.3) is 0 Å². The lowest BCUT2D eigenvalue weighted by molar-refractivity contribution is 0.667. The molecule has 2 aromatic heterocycles. The lowest BCUT2D eigenvalue weighted by Crippen LogP contribution is -2.14. The molecule has 0 unspecified atom stereocenters. The molecule has 0 atom stereocenters. The molecule has 0 saturated heterocycles. The van der Waals surface area contributed by atoms with Crippen LogP contribution in [0.25, 0.3) is 86.6 Å². The predicted molar refractivity (Wildman–Crippen MR) is 255 cm³/mol. The molecule has 284 valence electrons. The highest BCUT2D eigenvalue weighted by atomic mass is 32.1. The fourth-order valence-electron chi connectivity index (χ4n) is 9.82. The normalized spacial score (nSPS) is 13.0. The molecule has 1 aliphatic carbocycles. The van der Waals surface area contributed by atoms with E-state index in [0.717, 1.165) is 39.0 Å². The smallest absolute Gasteiger partial charge is 0.136 e. The van der Waals surface area contributed by atoms with Crippen molar-refractivity contribution in [1.82, 2.24) is 0 Å². The summed E-state index contributed by atoms with van der Waals surface area (Å²) in [6, 6.07) is 72.6. The van der Waals surface area contributed by atoms with Crippen LogP contribution in [0.15, 0.2) is 205 Å². The number of nitrogens with zero attached hydrogens (tertiary/aromatic N) is 1. The number of rotatable bonds is 6. The molecule has 11 aromatic rings. The van der Waals surface area contributed by atoms with Gasteiger partial charge in [0.05, 0.1) is 0 Å². The van der Waals surface area contributed by atoms with E-state index in [0.29, 0.717) is 0 Å². The lowest BCUT2D eigenvalue weighted by atomic mass is 9.80. The SMILES string of the molecule is CC1(C)c2cccc(-c3cc4oc5ccc(N(c6ccc(-c7ccccc7)cc6)c6ccc(-c7ccccc7)cc6)cc5c4c4ccccc34)c2-c2sc3ccccc3c21. The van der Waals surface area contributed by atoms with E-state index in [1.807, 2.05) is 11.3 Å². The summed E-state index contributed by atoms with van der Waals surface area (Å²) in [4.78, 5) is 3.75. The van der Waals surface area contributed by atoms with Crippen molar-refractivity contribution in [3.63, 3.8) is 0 Å². The van der Waals surface area contributed by atoms with E-state index in [1.165, 1.54) is 75.8 Å². The van der Waals surface area contributed by atoms with E-state index in [2.05, 4.69) is 219 Å². The fraction of sp³-hybridized carbons (Fsp3) is 0.0526. The Morgan fingerprint density at radius 1 is 0.433 bits per heavy atom. The van der Waals surface area contributed by atoms with Gasteiger partial charge < -0.3 is 9.32 Å². The Balaban J connectivity index is 1.03. The molecule has 0 amide bonds. The average molecular weight is 786 g/mol. The highest BCUT2D eigenvalue weighted by molar-refractivity contribution is 7.22. The molecule has 0 bridgehead atoms. The molecule has 2 heterocycles. The highest BCUT2D eigenvalue weighted by Crippen LogP contribution is 2.58. The molecule has 3 heteroatoms. The summed E-state index contributed by atoms with van der Waals surface area (Å²) >= 11 is 1.92. The monoisotopic (exact) mass is 785 g/mol. The lowest BCUT2D eigenvalue weighted by Gasteiger charge is -2.26. The third kappa shape index (κ3) is 5.33. The van der Waals surface area contributed by atoms with Crippen molar-refractivity contribution in [2.45, 2.75) is 19.3 Å². The van der Waals surface area contributed by atoms with Gasteiger partial charge in [-0.1, -0.05) is 159 Å². The van der Waals surface area contributed by atoms with Gasteiger partial charge in [-0.15, -0.1) is 11.3 Å². The molecule has 0 spiro atoms. The number of hydrogen-bond donors (Lipinski definition) is 0. The second-order valence-corrected chi connectivity index (χ2v) is 17.5. The Labute approximate surface area is 353 Å². The summed E-state index contributed by atoms with van der Waals surface area (Å²) in [6.07, 6.45) is 0. The molecule has 1 aliphatic rings. The van der Waals surface area contributed by atoms with Crippen LogP contribution in [0.5, 0.6) is 0 Å². The Kier molecular flexibility index (Phi) is 7.79. The van der Waals surface area contributed by atoms with Gasteiger partial charge in [-0.05, 0) is 115 Å². The summed E-state index contributed by atoms with van der Waals surface area (Å²) in [5.41, 5.74) is 16.3. The van der Waals surface area contributed by atoms with Gasteiger partial charge in [0, 0.05) is 48.4 Å². The highest BCUT2D eigenvalue weighted by Gasteiger charge is 2.40. The Morgan fingerprint density at radius 2 is 1.00 bits per heavy atom. The molecule has 9 aromatic carbocycles. The van der Waals surface area contributed by atoms with E-state index in [-0.39, 0.29) is 5.41 Å². The minimum atomic E-state index is -0.106. The number of anilines is 3. The zero-order chi connectivity index (χ0) is 40.0. The van der Waals surface area contributed by atoms with E-state index in [1.54, 1.807) is 0 Å². The van der Waals surface area contributed by atoms with Crippen LogP contribution in [0.4, 0.5) is 17.1 Å². The Bertz CT molecular complexity index is 3350. The maximum absolute atomic E-state index is 6.86. The molecule has 0 N–H and O–H groups in total. The Morgan fingerprint density at radius 3 is 1.67 bits per heavy atom. The minimum absolute atomic E-state index is 0.106. The van der Waals surface area contributed by atoms with Gasteiger partial charge in [-0.3, -0.25) is 0 Å². The maximum Gasteiger partial charge on any atom is 0.136 e. The molecular formula is C57H39NOS. The number of furan rings is 1. The van der Waals surface area contributed by atoms with Crippen LogP contribution in [0.3, 0.4) is 0 Å². The number of benzene rings is 9. The first-order chi connectivity index (χ1) is 29.5. The standard InChI is InChI=1S/C57H39NOS/c1-57(2)49-22-13-21-45(54(49)56-55(57)46-20-11-12-23-52(46)60-56)47-35-51-53(44-19-10-9-18-43(44)47)48-34-42(32-33-50(48)59-51)58(40-28-24-38(25-29-40)36-14-5-3-6-15-36)41-30-26-39(27-31-41)37-16-7-4-8-17-37/h3-35H,1-2H3. The van der Waals surface area contributed by atoms with Gasteiger partial charge in [0.2, 0.25) is 0 Å². The fourth-order valence-corrected chi connectivity index (χ4v) is 11.3. The first-order valence-corrected chi connectivity index (χ1v) is 21.5. The maximum atomic E-state index is 6.86. The molecule has 0 fully saturated rings. The van der Waals surface area contributed by atoms with Crippen LogP contribution in [0.1, 0.15) is 25.0 Å². The van der Waals surface area contributed by atoms with Gasteiger partial charge in [0.15, 0.2) is 0 Å². The molecule has 60 heavy (non-hydrogen) atoms. The van der Waals surface area contributed by atoms with Crippen molar-refractivity contribution < 1.29 is 4.42 Å². The van der Waals surface area contributed by atoms with Crippen molar-refractivity contribution in [2.75, 3.05) is 4.90 Å². The Hall–Kier alpha value is -7.20. The van der Waals surface area contributed by atoms with Gasteiger partial charge >= 0.3 is 0 Å². The second kappa shape index (κ2) is 13.4. The molecule has 0 saturated carbocycles. The number of fused-ring (bicyclic) bond motifs is 10. The van der Waals surface area contributed by atoms with Crippen molar-refractivity contribution in [1.29, 1.82) is 0 Å². The van der Waals surface area contributed by atoms with Crippen molar-refractivity contribution in [3.8, 4) is 43.8 Å². The van der Waals surface area contributed by atoms with E-state index in [4.69, 9.17) is 4.42 Å². The third-order valence-corrected chi connectivity index (χ3v) is 13.8. The van der Waals surface area contributed by atoms with Gasteiger partial charge in [0.1, 0.15) is 11.2 Å². The summed E-state index contributed by atoms with van der Waals surface area (Å²) in [5.74, 6) is 0. The van der Waals surface area contributed by atoms with E-state index in [9.17, 15) is 0 Å². The number of thiophene rings is 1. The van der Waals surface area contributed by atoms with Crippen LogP contribution in [-0.2, 0) is 5.41 Å². The van der Waals surface area contributed by atoms with E-state index < -0.39 is 0 Å². The average Bonchev–Trinajstić information content (AvgIpc) is 3.95. The largest absolute Gasteiger partial charge is 0.456 e. The first kappa shape index (κ1) is 34.8. The molecule has 12 rings (SSSR count). The van der Waals surface area contributed by atoms with Crippen LogP contribution < -0.4 is 4.90 Å². The first-order valence-electron chi connectivity index (χ1n) is 20.7. The zero-order valence-electron chi connectivity index (χ0n) is 33.3. The van der Waals surface area contributed by atoms with Crippen LogP contribution in [0.2, 0.25) is 0 Å². The summed E-state index contributed by atoms with van der Waals surface area (Å²) in [5, 5.41) is 6.03. The van der Waals surface area contributed by atoms with Crippen molar-refractivity contribution in [3.05, 3.63) is 211 Å². The van der Waals surface area contributed by atoms with Crippen LogP contribution in [-0.4, -0.2) is 0 Å². The van der Waals surface area contributed by atoms with E-state index >= 15 is 0 Å². The van der Waals surface area contributed by atoms with Crippen LogP contribution in [0, 0.1) is 0 Å². The third-order valence-electron chi connectivity index (χ3n) is 12.7. The molecular weight excluding hydrogens is 747 g/mol. The molecule has 2 nitrogen and oxygen atoms in total. The summed E-state index contributed by atoms with van der Waals surface area (Å²) in [7, 11) is 0.